The standard InChI is InChI=1S/C36H41ClF2N8O6/c1-20(45(5)6)41-29(48)26-15-22(9-14-27(26)37)28(18-53-34(52)42-25-12-13-25)47-30(49)36(19-35(2,3)4,44-32(47)43-33(50)51)24-10-7-21(8-11-24)23-16-40-46(17-23)31(38)39/h7-11,14-17,25,28,31H,12-13,18-19H2,1-6H3,(H,42,52)(H,43,44)(H,50,51)/t28-,36?/m1/s1. The summed E-state index contributed by atoms with van der Waals surface area (Å²) in [5.74, 6) is -1.22. The minimum absolute atomic E-state index is 0.000773. The molecule has 1 saturated heterocycles. The van der Waals surface area contributed by atoms with Crippen molar-refractivity contribution in [3.05, 3.63) is 76.6 Å². The minimum Gasteiger partial charge on any atom is -0.463 e. The topological polar surface area (TPSA) is 171 Å². The van der Waals surface area contributed by atoms with E-state index in [1.54, 1.807) is 50.2 Å². The number of carboxylic acid groups (broad SMARTS) is 1. The molecule has 53 heavy (non-hydrogen) atoms. The molecule has 2 aliphatic rings. The van der Waals surface area contributed by atoms with E-state index in [1.807, 2.05) is 20.8 Å². The summed E-state index contributed by atoms with van der Waals surface area (Å²) in [5.41, 5.74) is -0.474. The highest BCUT2D eigenvalue weighted by Gasteiger charge is 2.55. The first-order valence-corrected chi connectivity index (χ1v) is 17.1. The number of hydrogen-bond acceptors (Lipinski definition) is 6. The first-order valence-electron chi connectivity index (χ1n) is 16.7. The first kappa shape index (κ1) is 38.8. The van der Waals surface area contributed by atoms with Gasteiger partial charge in [0.15, 0.2) is 0 Å². The SMILES string of the molecule is CC(=NC(=O)c1cc([C@@H](COC(=O)NC2CC2)N2C(=O)C(CC(C)(C)C)(c3ccc(-c4cnn(C(F)F)c4)cc3)NC2=NC(=O)O)ccc1Cl)N(C)C. The van der Waals surface area contributed by atoms with Crippen molar-refractivity contribution in [2.45, 2.75) is 71.1 Å². The van der Waals surface area contributed by atoms with Gasteiger partial charge in [-0.05, 0) is 60.4 Å². The number of alkyl carbamates (subject to hydrolysis) is 1. The predicted octanol–water partition coefficient (Wildman–Crippen LogP) is 6.45. The molecule has 1 saturated carbocycles. The Balaban J connectivity index is 1.63. The summed E-state index contributed by atoms with van der Waals surface area (Å²) in [6.45, 7) is 4.08. The third-order valence-corrected chi connectivity index (χ3v) is 9.08. The Kier molecular flexibility index (Phi) is 11.2. The van der Waals surface area contributed by atoms with E-state index in [2.05, 4.69) is 25.7 Å². The van der Waals surface area contributed by atoms with E-state index in [4.69, 9.17) is 16.3 Å². The highest BCUT2D eigenvalue weighted by atomic mass is 35.5. The second kappa shape index (κ2) is 15.3. The van der Waals surface area contributed by atoms with Crippen LogP contribution >= 0.6 is 11.6 Å². The Bertz CT molecular complexity index is 1950. The number of nitrogens with one attached hydrogen (secondary N) is 2. The van der Waals surface area contributed by atoms with Crippen molar-refractivity contribution in [3.63, 3.8) is 0 Å². The maximum absolute atomic E-state index is 15.1. The Hall–Kier alpha value is -5.38. The molecule has 2 fully saturated rings. The van der Waals surface area contributed by atoms with E-state index < -0.39 is 54.2 Å². The number of benzene rings is 2. The molecule has 0 bridgehead atoms. The molecule has 3 aromatic rings. The Morgan fingerprint density at radius 1 is 1.15 bits per heavy atom. The number of carbonyl (C=O) groups excluding carboxylic acids is 3. The molecule has 17 heteroatoms. The number of rotatable bonds is 10. The summed E-state index contributed by atoms with van der Waals surface area (Å²) in [4.78, 5) is 64.1. The molecule has 5 rings (SSSR count). The molecule has 282 valence electrons. The van der Waals surface area contributed by atoms with Crippen LogP contribution in [0.25, 0.3) is 11.1 Å². The van der Waals surface area contributed by atoms with Gasteiger partial charge in [0, 0.05) is 31.9 Å². The van der Waals surface area contributed by atoms with Crippen LogP contribution in [-0.2, 0) is 15.1 Å². The molecule has 14 nitrogen and oxygen atoms in total. The fraction of sp³-hybridized carbons (Fsp3) is 0.417. The molecule has 1 aromatic heterocycles. The lowest BCUT2D eigenvalue weighted by Gasteiger charge is -2.35. The van der Waals surface area contributed by atoms with Gasteiger partial charge in [0.1, 0.15) is 18.0 Å². The van der Waals surface area contributed by atoms with E-state index in [9.17, 15) is 28.3 Å². The lowest BCUT2D eigenvalue weighted by molar-refractivity contribution is -0.134. The van der Waals surface area contributed by atoms with E-state index in [0.29, 0.717) is 27.2 Å². The number of aliphatic imine (C=N–C) groups is 2. The number of hydrogen-bond donors (Lipinski definition) is 3. The summed E-state index contributed by atoms with van der Waals surface area (Å²) < 4.78 is 32.6. The minimum atomic E-state index is -2.82. The van der Waals surface area contributed by atoms with E-state index in [0.717, 1.165) is 17.7 Å². The quantitative estimate of drug-likeness (QED) is 0.156. The zero-order valence-corrected chi connectivity index (χ0v) is 30.8. The monoisotopic (exact) mass is 754 g/mol. The van der Waals surface area contributed by atoms with Gasteiger partial charge in [0.25, 0.3) is 11.8 Å². The zero-order valence-electron chi connectivity index (χ0n) is 30.1. The van der Waals surface area contributed by atoms with E-state index in [1.165, 1.54) is 30.6 Å². The summed E-state index contributed by atoms with van der Waals surface area (Å²) in [6.07, 6.45) is 1.88. The van der Waals surface area contributed by atoms with Crippen molar-refractivity contribution >= 4 is 47.4 Å². The predicted molar refractivity (Wildman–Crippen MR) is 193 cm³/mol. The van der Waals surface area contributed by atoms with Crippen LogP contribution in [0.2, 0.25) is 5.02 Å². The van der Waals surface area contributed by atoms with Gasteiger partial charge in [-0.25, -0.2) is 14.3 Å². The third-order valence-electron chi connectivity index (χ3n) is 8.75. The molecule has 2 atom stereocenters. The van der Waals surface area contributed by atoms with Crippen LogP contribution in [-0.4, -0.2) is 87.2 Å². The Morgan fingerprint density at radius 3 is 2.40 bits per heavy atom. The molecule has 4 amide bonds. The average Bonchev–Trinajstić information content (AvgIpc) is 3.66. The number of alkyl halides is 2. The Morgan fingerprint density at radius 2 is 1.83 bits per heavy atom. The highest BCUT2D eigenvalue weighted by molar-refractivity contribution is 6.34. The number of aromatic nitrogens is 2. The van der Waals surface area contributed by atoms with Gasteiger partial charge in [0.05, 0.1) is 22.8 Å². The summed E-state index contributed by atoms with van der Waals surface area (Å²) >= 11 is 6.47. The van der Waals surface area contributed by atoms with Crippen LogP contribution in [0.15, 0.2) is 64.8 Å². The number of halogens is 3. The van der Waals surface area contributed by atoms with Gasteiger partial charge in [0.2, 0.25) is 5.96 Å². The number of ether oxygens (including phenoxy) is 1. The first-order chi connectivity index (χ1) is 24.9. The fourth-order valence-electron chi connectivity index (χ4n) is 5.95. The maximum atomic E-state index is 15.1. The average molecular weight is 755 g/mol. The van der Waals surface area contributed by atoms with E-state index >= 15 is 4.79 Å². The van der Waals surface area contributed by atoms with Gasteiger partial charge in [-0.3, -0.25) is 14.5 Å². The summed E-state index contributed by atoms with van der Waals surface area (Å²) in [5, 5.41) is 19.5. The zero-order chi connectivity index (χ0) is 38.8. The fourth-order valence-corrected chi connectivity index (χ4v) is 6.15. The van der Waals surface area contributed by atoms with Crippen LogP contribution in [0, 0.1) is 5.41 Å². The molecule has 3 N–H and O–H groups in total. The van der Waals surface area contributed by atoms with Gasteiger partial charge in [-0.15, -0.1) is 4.99 Å². The lowest BCUT2D eigenvalue weighted by Crippen LogP contribution is -2.47. The van der Waals surface area contributed by atoms with Gasteiger partial charge in [-0.2, -0.15) is 18.9 Å². The Labute approximate surface area is 309 Å². The number of amides is 4. The largest absolute Gasteiger partial charge is 0.463 e. The number of nitrogens with zero attached hydrogens (tertiary/aromatic N) is 6. The number of amidine groups is 1. The van der Waals surface area contributed by atoms with E-state index in [-0.39, 0.29) is 34.6 Å². The molecule has 0 spiro atoms. The molecular formula is C36H41ClF2N8O6. The maximum Gasteiger partial charge on any atom is 0.434 e. The second-order valence-electron chi connectivity index (χ2n) is 14.4. The van der Waals surface area contributed by atoms with Crippen LogP contribution in [0.3, 0.4) is 0 Å². The summed E-state index contributed by atoms with van der Waals surface area (Å²) in [6, 6.07) is 9.75. The normalized spacial score (nSPS) is 19.0. The van der Waals surface area contributed by atoms with Crippen molar-refractivity contribution in [1.29, 1.82) is 0 Å². The molecule has 0 radical (unpaired) electrons. The second-order valence-corrected chi connectivity index (χ2v) is 14.8. The third kappa shape index (κ3) is 8.99. The van der Waals surface area contributed by atoms with Gasteiger partial charge >= 0.3 is 18.7 Å². The highest BCUT2D eigenvalue weighted by Crippen LogP contribution is 2.43. The smallest absolute Gasteiger partial charge is 0.434 e. The van der Waals surface area contributed by atoms with Crippen LogP contribution in [0.5, 0.6) is 0 Å². The molecule has 1 aliphatic carbocycles. The van der Waals surface area contributed by atoms with Gasteiger partial charge in [-0.1, -0.05) is 62.7 Å². The molecule has 1 aliphatic heterocycles. The van der Waals surface area contributed by atoms with Crippen molar-refractivity contribution in [2.24, 2.45) is 15.4 Å². The molecule has 1 unspecified atom stereocenters. The molecule has 2 heterocycles. The van der Waals surface area contributed by atoms with Crippen molar-refractivity contribution in [2.75, 3.05) is 20.7 Å². The van der Waals surface area contributed by atoms with Crippen LogP contribution in [0.1, 0.15) is 81.0 Å². The van der Waals surface area contributed by atoms with Gasteiger partial charge < -0.3 is 25.4 Å². The molecular weight excluding hydrogens is 714 g/mol. The van der Waals surface area contributed by atoms with Crippen molar-refractivity contribution in [3.8, 4) is 11.1 Å². The lowest BCUT2D eigenvalue weighted by atomic mass is 9.75. The van der Waals surface area contributed by atoms with Crippen molar-refractivity contribution in [1.82, 2.24) is 30.2 Å². The van der Waals surface area contributed by atoms with Crippen LogP contribution in [0.4, 0.5) is 18.4 Å². The summed E-state index contributed by atoms with van der Waals surface area (Å²) in [7, 11) is 3.44. The number of carbonyl (C=O) groups is 4. The van der Waals surface area contributed by atoms with Crippen molar-refractivity contribution < 1.29 is 37.8 Å². The number of guanidine groups is 1. The van der Waals surface area contributed by atoms with Crippen LogP contribution < -0.4 is 10.6 Å². The molecule has 2 aromatic carbocycles.